The van der Waals surface area contributed by atoms with Crippen molar-refractivity contribution in [1.82, 2.24) is 0 Å². The highest BCUT2D eigenvalue weighted by Gasteiger charge is 1.95. The van der Waals surface area contributed by atoms with Gasteiger partial charge in [0.15, 0.2) is 0 Å². The summed E-state index contributed by atoms with van der Waals surface area (Å²) in [4.78, 5) is 0. The van der Waals surface area contributed by atoms with Gasteiger partial charge in [-0.25, -0.2) is 0 Å². The Hall–Kier alpha value is 0.310. The van der Waals surface area contributed by atoms with Gasteiger partial charge in [0.1, 0.15) is 0 Å². The quantitative estimate of drug-likeness (QED) is 0.269. The summed E-state index contributed by atoms with van der Waals surface area (Å²) in [5.74, 6) is 1.34. The highest BCUT2D eigenvalue weighted by atomic mass is 32.2. The van der Waals surface area contributed by atoms with E-state index in [2.05, 4.69) is 18.6 Å². The molecule has 0 aliphatic rings. The van der Waals surface area contributed by atoms with E-state index in [4.69, 9.17) is 0 Å². The second-order valence-corrected chi connectivity index (χ2v) is 7.12. The third-order valence-electron chi connectivity index (χ3n) is 3.90. The normalized spacial score (nSPS) is 11.1. The van der Waals surface area contributed by atoms with E-state index in [1.807, 2.05) is 11.9 Å². The summed E-state index contributed by atoms with van der Waals surface area (Å²) in [6, 6.07) is 0. The van der Waals surface area contributed by atoms with Crippen molar-refractivity contribution >= 4 is 11.9 Å². The number of nitrogens with two attached hydrogens (primary N) is 1. The average Bonchev–Trinajstić information content (AvgIpc) is 2.47. The van der Waals surface area contributed by atoms with Crippen LogP contribution in [0.2, 0.25) is 0 Å². The highest BCUT2D eigenvalue weighted by Crippen LogP contribution is 2.13. The van der Waals surface area contributed by atoms with Gasteiger partial charge in [0.05, 0.1) is 18.5 Å². The van der Waals surface area contributed by atoms with Crippen LogP contribution >= 0.6 is 11.9 Å². The Morgan fingerprint density at radius 1 is 0.550 bits per heavy atom. The van der Waals surface area contributed by atoms with E-state index in [0.29, 0.717) is 0 Å². The fraction of sp³-hybridized carbons (Fsp3) is 1.00. The Labute approximate surface area is 133 Å². The van der Waals surface area contributed by atoms with Crippen LogP contribution in [0.5, 0.6) is 0 Å². The predicted molar refractivity (Wildman–Crippen MR) is 95.2 cm³/mol. The molecule has 2 heteroatoms. The Morgan fingerprint density at radius 3 is 1.35 bits per heavy atom. The molecule has 0 saturated heterocycles. The van der Waals surface area contributed by atoms with E-state index in [-0.39, 0.29) is 0 Å². The van der Waals surface area contributed by atoms with E-state index >= 15 is 0 Å². The van der Waals surface area contributed by atoms with Crippen molar-refractivity contribution < 1.29 is 4.72 Å². The fourth-order valence-corrected chi connectivity index (χ4v) is 3.35. The third-order valence-corrected chi connectivity index (χ3v) is 4.99. The lowest BCUT2D eigenvalue weighted by Gasteiger charge is -2.03. The first-order valence-electron chi connectivity index (χ1n) is 9.35. The summed E-state index contributed by atoms with van der Waals surface area (Å²) in [5, 5.41) is 0. The number of quaternary nitrogens is 1. The molecule has 1 nitrogen and oxygen atoms in total. The Balaban J connectivity index is 2.89. The summed E-state index contributed by atoms with van der Waals surface area (Å²) in [5.41, 5.74) is 0. The molecule has 0 atom stereocenters. The van der Waals surface area contributed by atoms with Crippen LogP contribution in [0.1, 0.15) is 104 Å². The van der Waals surface area contributed by atoms with E-state index < -0.39 is 0 Å². The first kappa shape index (κ1) is 20.3. The van der Waals surface area contributed by atoms with Crippen molar-refractivity contribution in [3.8, 4) is 0 Å². The summed E-state index contributed by atoms with van der Waals surface area (Å²) in [7, 11) is 0. The minimum Gasteiger partial charge on any atom is -0.285 e. The molecule has 0 fully saturated rings. The van der Waals surface area contributed by atoms with Crippen molar-refractivity contribution in [2.24, 2.45) is 0 Å². The molecule has 0 aliphatic heterocycles. The molecule has 0 aromatic heterocycles. The molecule has 122 valence electrons. The minimum absolute atomic E-state index is 1.21. The summed E-state index contributed by atoms with van der Waals surface area (Å²) < 4.78 is 2.34. The van der Waals surface area contributed by atoms with E-state index in [1.165, 1.54) is 102 Å². The topological polar surface area (TPSA) is 16.6 Å². The maximum Gasteiger partial charge on any atom is 0.0831 e. The third kappa shape index (κ3) is 18.3. The van der Waals surface area contributed by atoms with Gasteiger partial charge in [0, 0.05) is 5.75 Å². The monoisotopic (exact) mass is 302 g/mol. The molecule has 0 spiro atoms. The van der Waals surface area contributed by atoms with Gasteiger partial charge in [0.2, 0.25) is 0 Å². The van der Waals surface area contributed by atoms with Gasteiger partial charge in [0.25, 0.3) is 0 Å². The molecule has 2 N–H and O–H groups in total. The smallest absolute Gasteiger partial charge is 0.0831 e. The van der Waals surface area contributed by atoms with Gasteiger partial charge in [-0.2, -0.15) is 0 Å². The highest BCUT2D eigenvalue weighted by molar-refractivity contribution is 7.92. The van der Waals surface area contributed by atoms with Crippen LogP contribution in [-0.2, 0) is 0 Å². The lowest BCUT2D eigenvalue weighted by atomic mass is 10.0. The molecule has 20 heavy (non-hydrogen) atoms. The minimum atomic E-state index is 1.21. The molecule has 0 aliphatic carbocycles. The lowest BCUT2D eigenvalue weighted by molar-refractivity contribution is -0.475. The van der Waals surface area contributed by atoms with Crippen molar-refractivity contribution in [2.75, 3.05) is 12.3 Å². The average molecular weight is 303 g/mol. The number of hydrogen-bond donors (Lipinski definition) is 1. The zero-order chi connectivity index (χ0) is 14.7. The van der Waals surface area contributed by atoms with Gasteiger partial charge >= 0.3 is 0 Å². The van der Waals surface area contributed by atoms with Crippen molar-refractivity contribution in [3.05, 3.63) is 0 Å². The van der Waals surface area contributed by atoms with Crippen LogP contribution in [0.25, 0.3) is 0 Å². The fourth-order valence-electron chi connectivity index (χ4n) is 2.58. The Morgan fingerprint density at radius 2 is 0.950 bits per heavy atom. The van der Waals surface area contributed by atoms with Gasteiger partial charge in [-0.1, -0.05) is 90.4 Å². The van der Waals surface area contributed by atoms with Crippen LogP contribution < -0.4 is 4.72 Å². The molecule has 0 heterocycles. The van der Waals surface area contributed by atoms with Crippen LogP contribution in [0.15, 0.2) is 0 Å². The first-order valence-corrected chi connectivity index (χ1v) is 10.4. The molecule has 0 amide bonds. The molecule has 0 bridgehead atoms. The second-order valence-electron chi connectivity index (χ2n) is 6.04. The standard InChI is InChI=1S/C18H39NS/c1-3-5-6-7-8-9-10-11-12-13-14-15-16-17-18-20-19-4-2/h19H,3-18H2,1-2H3/p+1. The number of unbranched alkanes of at least 4 members (excludes halogenated alkanes) is 13. The maximum atomic E-state index is 2.34. The molecular formula is C18H40NS+. The largest absolute Gasteiger partial charge is 0.285 e. The van der Waals surface area contributed by atoms with Gasteiger partial charge < -0.3 is 0 Å². The van der Waals surface area contributed by atoms with Crippen LogP contribution in [0, 0.1) is 0 Å². The molecule has 0 unspecified atom stereocenters. The van der Waals surface area contributed by atoms with Gasteiger partial charge in [-0.05, 0) is 13.3 Å². The van der Waals surface area contributed by atoms with Crippen molar-refractivity contribution in [3.63, 3.8) is 0 Å². The molecule has 0 radical (unpaired) electrons. The first-order chi connectivity index (χ1) is 9.91. The molecular weight excluding hydrogens is 262 g/mol. The zero-order valence-electron chi connectivity index (χ0n) is 14.3. The van der Waals surface area contributed by atoms with E-state index in [9.17, 15) is 0 Å². The van der Waals surface area contributed by atoms with E-state index in [0.717, 1.165) is 0 Å². The summed E-state index contributed by atoms with van der Waals surface area (Å²) in [6.07, 6.45) is 20.4. The van der Waals surface area contributed by atoms with Gasteiger partial charge in [-0.3, -0.25) is 4.72 Å². The molecule has 0 rings (SSSR count). The molecule has 0 saturated carbocycles. The Kier molecular flexibility index (Phi) is 19.6. The second kappa shape index (κ2) is 19.3. The van der Waals surface area contributed by atoms with Crippen molar-refractivity contribution in [2.45, 2.75) is 104 Å². The lowest BCUT2D eigenvalue weighted by Crippen LogP contribution is -2.75. The van der Waals surface area contributed by atoms with Crippen molar-refractivity contribution in [1.29, 1.82) is 0 Å². The zero-order valence-corrected chi connectivity index (χ0v) is 15.1. The molecule has 0 aromatic rings. The van der Waals surface area contributed by atoms with Crippen LogP contribution in [-0.4, -0.2) is 12.3 Å². The Bertz CT molecular complexity index is 143. The number of hydrogen-bond acceptors (Lipinski definition) is 1. The maximum absolute atomic E-state index is 2.34. The van der Waals surface area contributed by atoms with Crippen LogP contribution in [0.4, 0.5) is 0 Å². The summed E-state index contributed by atoms with van der Waals surface area (Å²) >= 11 is 2.01. The van der Waals surface area contributed by atoms with E-state index in [1.54, 1.807) is 0 Å². The molecule has 0 aromatic carbocycles. The van der Waals surface area contributed by atoms with Crippen LogP contribution in [0.3, 0.4) is 0 Å². The number of rotatable bonds is 17. The van der Waals surface area contributed by atoms with Gasteiger partial charge in [-0.15, -0.1) is 0 Å². The summed E-state index contributed by atoms with van der Waals surface area (Å²) in [6.45, 7) is 5.73. The SMILES string of the molecule is CCCCCCCCCCCCCCCCS[NH2+]CC. The predicted octanol–water partition coefficient (Wildman–Crippen LogP) is 5.70.